The second kappa shape index (κ2) is 8.87. The number of carbonyl (C=O) groups excluding carboxylic acids is 1. The van der Waals surface area contributed by atoms with Gasteiger partial charge >= 0.3 is 0 Å². The van der Waals surface area contributed by atoms with Gasteiger partial charge in [-0.05, 0) is 62.6 Å². The van der Waals surface area contributed by atoms with E-state index < -0.39 is 5.41 Å². The Labute approximate surface area is 167 Å². The maximum Gasteiger partial charge on any atom is 0.230 e. The number of halogens is 1. The molecule has 28 heavy (non-hydrogen) atoms. The molecule has 150 valence electrons. The van der Waals surface area contributed by atoms with Crippen molar-refractivity contribution in [2.75, 3.05) is 7.05 Å². The van der Waals surface area contributed by atoms with Gasteiger partial charge in [-0.2, -0.15) is 0 Å². The van der Waals surface area contributed by atoms with Crippen molar-refractivity contribution in [2.45, 2.75) is 64.1 Å². The average Bonchev–Trinajstić information content (AvgIpc) is 3.18. The summed E-state index contributed by atoms with van der Waals surface area (Å²) in [5.41, 5.74) is 2.56. The van der Waals surface area contributed by atoms with Gasteiger partial charge in [0.05, 0.1) is 5.41 Å². The van der Waals surface area contributed by atoms with E-state index in [0.717, 1.165) is 43.4 Å². The molecule has 0 unspecified atom stereocenters. The van der Waals surface area contributed by atoms with Crippen LogP contribution in [0.4, 0.5) is 4.39 Å². The summed E-state index contributed by atoms with van der Waals surface area (Å²) >= 11 is 0. The van der Waals surface area contributed by atoms with Crippen LogP contribution in [0.25, 0.3) is 0 Å². The second-order valence-electron chi connectivity index (χ2n) is 8.26. The number of hydrogen-bond acceptors (Lipinski definition) is 2. The van der Waals surface area contributed by atoms with Gasteiger partial charge in [0.1, 0.15) is 5.82 Å². The molecule has 2 aromatic rings. The molecule has 0 saturated heterocycles. The minimum Gasteiger partial charge on any atom is -0.351 e. The fourth-order valence-corrected chi connectivity index (χ4v) is 4.09. The van der Waals surface area contributed by atoms with Crippen molar-refractivity contribution in [1.29, 1.82) is 0 Å². The van der Waals surface area contributed by atoms with Gasteiger partial charge in [0, 0.05) is 19.1 Å². The van der Waals surface area contributed by atoms with E-state index in [-0.39, 0.29) is 11.7 Å². The molecule has 0 heterocycles. The maximum absolute atomic E-state index is 13.8. The molecule has 0 radical (unpaired) electrons. The number of nitrogens with one attached hydrogen (secondary N) is 1. The predicted octanol–water partition coefficient (Wildman–Crippen LogP) is 4.79. The van der Waals surface area contributed by atoms with Crippen LogP contribution in [-0.2, 0) is 23.3 Å². The summed E-state index contributed by atoms with van der Waals surface area (Å²) in [4.78, 5) is 15.5. The molecule has 4 heteroatoms. The van der Waals surface area contributed by atoms with Crippen LogP contribution < -0.4 is 5.32 Å². The molecule has 0 aromatic heterocycles. The highest BCUT2D eigenvalue weighted by Gasteiger charge is 2.42. The van der Waals surface area contributed by atoms with Gasteiger partial charge in [-0.3, -0.25) is 9.69 Å². The van der Waals surface area contributed by atoms with Crippen molar-refractivity contribution in [3.63, 3.8) is 0 Å². The van der Waals surface area contributed by atoms with Crippen LogP contribution in [0.15, 0.2) is 48.5 Å². The van der Waals surface area contributed by atoms with Gasteiger partial charge in [-0.25, -0.2) is 4.39 Å². The molecule has 1 N–H and O–H groups in total. The first kappa shape index (κ1) is 20.5. The minimum atomic E-state index is -0.605. The molecule has 1 aliphatic carbocycles. The zero-order valence-electron chi connectivity index (χ0n) is 17.2. The van der Waals surface area contributed by atoms with E-state index in [1.807, 2.05) is 18.2 Å². The van der Waals surface area contributed by atoms with E-state index >= 15 is 0 Å². The topological polar surface area (TPSA) is 32.3 Å². The first-order valence-electron chi connectivity index (χ1n) is 10.2. The lowest BCUT2D eigenvalue weighted by atomic mass is 9.78. The fraction of sp³-hybridized carbons (Fsp3) is 0.458. The monoisotopic (exact) mass is 382 g/mol. The molecule has 1 fully saturated rings. The van der Waals surface area contributed by atoms with Gasteiger partial charge in [-0.15, -0.1) is 0 Å². The Bertz CT molecular complexity index is 812. The first-order valence-corrected chi connectivity index (χ1v) is 10.2. The van der Waals surface area contributed by atoms with Crippen molar-refractivity contribution in [3.05, 3.63) is 71.0 Å². The van der Waals surface area contributed by atoms with E-state index in [4.69, 9.17) is 0 Å². The molecular weight excluding hydrogens is 351 g/mol. The SMILES string of the molecule is CC(C)N(C)Cc1ccccc1CNC(=O)C1(c2cccc(F)c2)CCCC1. The van der Waals surface area contributed by atoms with Crippen LogP contribution in [0, 0.1) is 5.82 Å². The van der Waals surface area contributed by atoms with E-state index in [1.54, 1.807) is 6.07 Å². The average molecular weight is 383 g/mol. The predicted molar refractivity (Wildman–Crippen MR) is 111 cm³/mol. The standard InChI is InChI=1S/C24H31FN2O/c1-18(2)27(3)17-20-10-5-4-9-19(20)16-26-23(28)24(13-6-7-14-24)21-11-8-12-22(25)15-21/h4-5,8-12,15,18H,6-7,13-14,16-17H2,1-3H3,(H,26,28). The normalized spacial score (nSPS) is 15.9. The lowest BCUT2D eigenvalue weighted by molar-refractivity contribution is -0.126. The lowest BCUT2D eigenvalue weighted by Crippen LogP contribution is -2.42. The molecule has 1 saturated carbocycles. The molecule has 2 aromatic carbocycles. The zero-order valence-corrected chi connectivity index (χ0v) is 17.2. The summed E-state index contributed by atoms with van der Waals surface area (Å²) in [6.45, 7) is 5.69. The third-order valence-corrected chi connectivity index (χ3v) is 6.13. The van der Waals surface area contributed by atoms with Crippen molar-refractivity contribution < 1.29 is 9.18 Å². The Morgan fingerprint density at radius 2 is 1.79 bits per heavy atom. The molecule has 0 bridgehead atoms. The highest BCUT2D eigenvalue weighted by atomic mass is 19.1. The van der Waals surface area contributed by atoms with Crippen LogP contribution in [0.3, 0.4) is 0 Å². The summed E-state index contributed by atoms with van der Waals surface area (Å²) in [5, 5.41) is 3.16. The highest BCUT2D eigenvalue weighted by molar-refractivity contribution is 5.88. The van der Waals surface area contributed by atoms with Gasteiger partial charge in [0.2, 0.25) is 5.91 Å². The fourth-order valence-electron chi connectivity index (χ4n) is 4.09. The largest absolute Gasteiger partial charge is 0.351 e. The van der Waals surface area contributed by atoms with Crippen molar-refractivity contribution in [1.82, 2.24) is 10.2 Å². The molecule has 1 amide bonds. The van der Waals surface area contributed by atoms with Gasteiger partial charge in [0.25, 0.3) is 0 Å². The number of rotatable bonds is 7. The maximum atomic E-state index is 13.8. The van der Waals surface area contributed by atoms with Gasteiger partial charge in [0.15, 0.2) is 0 Å². The second-order valence-corrected chi connectivity index (χ2v) is 8.26. The number of nitrogens with zero attached hydrogens (tertiary/aromatic N) is 1. The summed E-state index contributed by atoms with van der Waals surface area (Å²) in [6, 6.07) is 15.3. The Balaban J connectivity index is 1.76. The smallest absolute Gasteiger partial charge is 0.230 e. The minimum absolute atomic E-state index is 0.0163. The van der Waals surface area contributed by atoms with E-state index in [9.17, 15) is 9.18 Å². The van der Waals surface area contributed by atoms with E-state index in [0.29, 0.717) is 12.6 Å². The molecule has 3 nitrogen and oxygen atoms in total. The quantitative estimate of drug-likeness (QED) is 0.746. The number of benzene rings is 2. The Morgan fingerprint density at radius 1 is 1.11 bits per heavy atom. The molecule has 3 rings (SSSR count). The molecular formula is C24H31FN2O. The molecule has 0 aliphatic heterocycles. The lowest BCUT2D eigenvalue weighted by Gasteiger charge is -2.29. The molecule has 0 spiro atoms. The molecule has 1 aliphatic rings. The van der Waals surface area contributed by atoms with Crippen LogP contribution >= 0.6 is 0 Å². The summed E-state index contributed by atoms with van der Waals surface area (Å²) in [6.07, 6.45) is 3.56. The van der Waals surface area contributed by atoms with Crippen LogP contribution in [0.1, 0.15) is 56.2 Å². The van der Waals surface area contributed by atoms with E-state index in [2.05, 4.69) is 43.2 Å². The Kier molecular flexibility index (Phi) is 6.50. The summed E-state index contributed by atoms with van der Waals surface area (Å²) < 4.78 is 13.8. The zero-order chi connectivity index (χ0) is 20.1. The van der Waals surface area contributed by atoms with Crippen LogP contribution in [-0.4, -0.2) is 23.9 Å². The number of amides is 1. The summed E-state index contributed by atoms with van der Waals surface area (Å²) in [5.74, 6) is -0.263. The van der Waals surface area contributed by atoms with Crippen molar-refractivity contribution in [3.8, 4) is 0 Å². The summed E-state index contributed by atoms with van der Waals surface area (Å²) in [7, 11) is 2.11. The van der Waals surface area contributed by atoms with Crippen LogP contribution in [0.5, 0.6) is 0 Å². The Hall–Kier alpha value is -2.20. The third-order valence-electron chi connectivity index (χ3n) is 6.13. The van der Waals surface area contributed by atoms with Crippen LogP contribution in [0.2, 0.25) is 0 Å². The molecule has 0 atom stereocenters. The van der Waals surface area contributed by atoms with Crippen molar-refractivity contribution >= 4 is 5.91 Å². The first-order chi connectivity index (χ1) is 13.4. The number of carbonyl (C=O) groups is 1. The highest BCUT2D eigenvalue weighted by Crippen LogP contribution is 2.41. The van der Waals surface area contributed by atoms with Gasteiger partial charge < -0.3 is 5.32 Å². The van der Waals surface area contributed by atoms with Crippen molar-refractivity contribution in [2.24, 2.45) is 0 Å². The Morgan fingerprint density at radius 3 is 2.43 bits per heavy atom. The van der Waals surface area contributed by atoms with Gasteiger partial charge in [-0.1, -0.05) is 49.2 Å². The third kappa shape index (κ3) is 4.44. The number of hydrogen-bond donors (Lipinski definition) is 1. The van der Waals surface area contributed by atoms with E-state index in [1.165, 1.54) is 17.7 Å².